The molecule has 31 heavy (non-hydrogen) atoms. The van der Waals surface area contributed by atoms with Crippen LogP contribution in [0.15, 0.2) is 21.3 Å². The first kappa shape index (κ1) is 22.8. The van der Waals surface area contributed by atoms with Gasteiger partial charge in [0.25, 0.3) is 5.91 Å². The second-order valence-corrected chi connectivity index (χ2v) is 8.22. The van der Waals surface area contributed by atoms with Crippen LogP contribution in [-0.2, 0) is 20.7 Å². The van der Waals surface area contributed by atoms with Gasteiger partial charge in [-0.2, -0.15) is 0 Å². The minimum Gasteiger partial charge on any atom is -0.483 e. The summed E-state index contributed by atoms with van der Waals surface area (Å²) in [5.41, 5.74) is 1.91. The van der Waals surface area contributed by atoms with Gasteiger partial charge in [0.2, 0.25) is 0 Å². The monoisotopic (exact) mass is 429 g/mol. The van der Waals surface area contributed by atoms with Crippen LogP contribution < -0.4 is 10.4 Å². The summed E-state index contributed by atoms with van der Waals surface area (Å²) in [6.07, 6.45) is 2.43. The standard InChI is InChI=1S/C24H31NO6/c1-5-29-22(27)9-7-19-16(3)18-6-8-20(17(4)23(18)31-24(19)28)30-14-21(26)25-12-10-15(2)11-13-25/h6,8,15H,5,7,9-14H2,1-4H3. The number of rotatable bonds is 7. The average Bonchev–Trinajstić information content (AvgIpc) is 2.74. The Morgan fingerprint density at radius 3 is 2.55 bits per heavy atom. The first-order valence-corrected chi connectivity index (χ1v) is 10.9. The van der Waals surface area contributed by atoms with Gasteiger partial charge < -0.3 is 18.8 Å². The van der Waals surface area contributed by atoms with Crippen LogP contribution in [0, 0.1) is 19.8 Å². The number of hydrogen-bond donors (Lipinski definition) is 0. The van der Waals surface area contributed by atoms with Crippen molar-refractivity contribution in [3.63, 3.8) is 0 Å². The second kappa shape index (κ2) is 9.98. The first-order valence-electron chi connectivity index (χ1n) is 10.9. The fraction of sp³-hybridized carbons (Fsp3) is 0.542. The van der Waals surface area contributed by atoms with E-state index in [0.29, 0.717) is 35.0 Å². The average molecular weight is 430 g/mol. The summed E-state index contributed by atoms with van der Waals surface area (Å²) in [5.74, 6) is 0.807. The molecule has 0 atom stereocenters. The molecule has 0 aliphatic carbocycles. The molecule has 1 saturated heterocycles. The van der Waals surface area contributed by atoms with Crippen LogP contribution in [-0.4, -0.2) is 43.1 Å². The van der Waals surface area contributed by atoms with Crippen molar-refractivity contribution in [1.82, 2.24) is 4.90 Å². The third kappa shape index (κ3) is 5.27. The molecule has 1 aliphatic heterocycles. The maximum Gasteiger partial charge on any atom is 0.339 e. The Morgan fingerprint density at radius 2 is 1.87 bits per heavy atom. The Hall–Kier alpha value is -2.83. The fourth-order valence-electron chi connectivity index (χ4n) is 3.97. The van der Waals surface area contributed by atoms with Crippen molar-refractivity contribution in [2.24, 2.45) is 5.92 Å². The minimum atomic E-state index is -0.465. The van der Waals surface area contributed by atoms with Gasteiger partial charge in [-0.3, -0.25) is 9.59 Å². The van der Waals surface area contributed by atoms with Crippen LogP contribution in [0.3, 0.4) is 0 Å². The number of nitrogens with zero attached hydrogens (tertiary/aromatic N) is 1. The van der Waals surface area contributed by atoms with E-state index in [2.05, 4.69) is 6.92 Å². The lowest BCUT2D eigenvalue weighted by atomic mass is 9.99. The van der Waals surface area contributed by atoms with Crippen molar-refractivity contribution in [2.75, 3.05) is 26.3 Å². The molecule has 1 aromatic heterocycles. The molecule has 0 unspecified atom stereocenters. The summed E-state index contributed by atoms with van der Waals surface area (Å²) in [5, 5.41) is 0.791. The molecule has 2 aromatic rings. The van der Waals surface area contributed by atoms with Crippen LogP contribution in [0.25, 0.3) is 11.0 Å². The smallest absolute Gasteiger partial charge is 0.339 e. The predicted molar refractivity (Wildman–Crippen MR) is 117 cm³/mol. The predicted octanol–water partition coefficient (Wildman–Crippen LogP) is 3.54. The van der Waals surface area contributed by atoms with Crippen molar-refractivity contribution < 1.29 is 23.5 Å². The lowest BCUT2D eigenvalue weighted by Crippen LogP contribution is -2.40. The number of piperidine rings is 1. The maximum atomic E-state index is 12.6. The van der Waals surface area contributed by atoms with E-state index >= 15 is 0 Å². The van der Waals surface area contributed by atoms with E-state index in [-0.39, 0.29) is 31.3 Å². The molecule has 1 aliphatic rings. The van der Waals surface area contributed by atoms with Crippen molar-refractivity contribution in [3.8, 4) is 5.75 Å². The molecule has 0 saturated carbocycles. The van der Waals surface area contributed by atoms with E-state index in [1.807, 2.05) is 24.8 Å². The van der Waals surface area contributed by atoms with Crippen molar-refractivity contribution in [2.45, 2.75) is 53.4 Å². The van der Waals surface area contributed by atoms with E-state index in [1.54, 1.807) is 13.0 Å². The van der Waals surface area contributed by atoms with Gasteiger partial charge in [0.1, 0.15) is 11.3 Å². The number of ether oxygens (including phenoxy) is 2. The molecule has 1 fully saturated rings. The SMILES string of the molecule is CCOC(=O)CCc1c(C)c2ccc(OCC(=O)N3CCC(C)CC3)c(C)c2oc1=O. The van der Waals surface area contributed by atoms with E-state index in [0.717, 1.165) is 36.9 Å². The number of esters is 1. The minimum absolute atomic E-state index is 0.0293. The van der Waals surface area contributed by atoms with Gasteiger partial charge in [-0.25, -0.2) is 4.79 Å². The Labute approximate surface area is 182 Å². The molecule has 2 heterocycles. The molecule has 1 aromatic carbocycles. The van der Waals surface area contributed by atoms with Crippen LogP contribution >= 0.6 is 0 Å². The number of amides is 1. The van der Waals surface area contributed by atoms with Gasteiger partial charge in [0.15, 0.2) is 6.61 Å². The summed E-state index contributed by atoms with van der Waals surface area (Å²) in [4.78, 5) is 38.5. The highest BCUT2D eigenvalue weighted by Gasteiger charge is 2.21. The molecular formula is C24H31NO6. The summed E-state index contributed by atoms with van der Waals surface area (Å²) in [6, 6.07) is 3.63. The molecule has 7 nitrogen and oxygen atoms in total. The number of hydrogen-bond acceptors (Lipinski definition) is 6. The van der Waals surface area contributed by atoms with E-state index in [1.165, 1.54) is 0 Å². The first-order chi connectivity index (χ1) is 14.8. The summed E-state index contributed by atoms with van der Waals surface area (Å²) in [7, 11) is 0. The third-order valence-electron chi connectivity index (χ3n) is 6.03. The quantitative estimate of drug-likeness (QED) is 0.494. The molecule has 168 valence electrons. The Morgan fingerprint density at radius 1 is 1.16 bits per heavy atom. The van der Waals surface area contributed by atoms with Gasteiger partial charge in [-0.15, -0.1) is 0 Å². The van der Waals surface area contributed by atoms with Crippen molar-refractivity contribution >= 4 is 22.8 Å². The topological polar surface area (TPSA) is 86.1 Å². The van der Waals surface area contributed by atoms with Gasteiger partial charge in [0.05, 0.1) is 6.61 Å². The zero-order valence-corrected chi connectivity index (χ0v) is 18.8. The van der Waals surface area contributed by atoms with Gasteiger partial charge in [-0.1, -0.05) is 6.92 Å². The van der Waals surface area contributed by atoms with E-state index < -0.39 is 5.63 Å². The molecule has 0 N–H and O–H groups in total. The molecule has 3 rings (SSSR count). The van der Waals surface area contributed by atoms with Crippen LogP contribution in [0.1, 0.15) is 49.8 Å². The molecule has 1 amide bonds. The van der Waals surface area contributed by atoms with Gasteiger partial charge in [-0.05, 0) is 63.6 Å². The molecular weight excluding hydrogens is 398 g/mol. The van der Waals surface area contributed by atoms with Crippen LogP contribution in [0.5, 0.6) is 5.75 Å². The lowest BCUT2D eigenvalue weighted by molar-refractivity contribution is -0.143. The maximum absolute atomic E-state index is 12.6. The number of likely N-dealkylation sites (tertiary alicyclic amines) is 1. The molecule has 7 heteroatoms. The highest BCUT2D eigenvalue weighted by atomic mass is 16.5. The highest BCUT2D eigenvalue weighted by molar-refractivity contribution is 5.86. The Balaban J connectivity index is 1.76. The summed E-state index contributed by atoms with van der Waals surface area (Å²) < 4.78 is 16.3. The lowest BCUT2D eigenvalue weighted by Gasteiger charge is -2.30. The van der Waals surface area contributed by atoms with E-state index in [4.69, 9.17) is 13.9 Å². The zero-order chi connectivity index (χ0) is 22.5. The molecule has 0 spiro atoms. The normalized spacial score (nSPS) is 14.6. The summed E-state index contributed by atoms with van der Waals surface area (Å²) in [6.45, 7) is 9.41. The number of carbonyl (C=O) groups excluding carboxylic acids is 2. The van der Waals surface area contributed by atoms with Crippen LogP contribution in [0.2, 0.25) is 0 Å². The Kier molecular flexibility index (Phi) is 7.36. The number of benzene rings is 1. The van der Waals surface area contributed by atoms with Gasteiger partial charge >= 0.3 is 11.6 Å². The van der Waals surface area contributed by atoms with E-state index in [9.17, 15) is 14.4 Å². The highest BCUT2D eigenvalue weighted by Crippen LogP contribution is 2.30. The molecule has 0 bridgehead atoms. The number of aryl methyl sites for hydroxylation is 2. The largest absolute Gasteiger partial charge is 0.483 e. The Bertz CT molecular complexity index is 1020. The third-order valence-corrected chi connectivity index (χ3v) is 6.03. The summed E-state index contributed by atoms with van der Waals surface area (Å²) >= 11 is 0. The van der Waals surface area contributed by atoms with Crippen molar-refractivity contribution in [1.29, 1.82) is 0 Å². The number of fused-ring (bicyclic) bond motifs is 1. The van der Waals surface area contributed by atoms with Crippen LogP contribution in [0.4, 0.5) is 0 Å². The second-order valence-electron chi connectivity index (χ2n) is 8.22. The molecule has 0 radical (unpaired) electrons. The fourth-order valence-corrected chi connectivity index (χ4v) is 3.97. The zero-order valence-electron chi connectivity index (χ0n) is 18.8. The van der Waals surface area contributed by atoms with Crippen molar-refractivity contribution in [3.05, 3.63) is 39.2 Å². The van der Waals surface area contributed by atoms with Gasteiger partial charge in [0, 0.05) is 36.0 Å². The number of carbonyl (C=O) groups is 2.